The molecule has 0 aromatic heterocycles. The SMILES string of the molecule is Nc1cc(Br)ccc1NCC(=O)N1CCCCC1. The van der Waals surface area contributed by atoms with Gasteiger partial charge in [-0.15, -0.1) is 0 Å². The van der Waals surface area contributed by atoms with Gasteiger partial charge in [-0.05, 0) is 37.5 Å². The van der Waals surface area contributed by atoms with Gasteiger partial charge in [-0.2, -0.15) is 0 Å². The molecule has 1 aliphatic rings. The monoisotopic (exact) mass is 311 g/mol. The number of anilines is 2. The lowest BCUT2D eigenvalue weighted by Gasteiger charge is -2.27. The zero-order chi connectivity index (χ0) is 13.0. The van der Waals surface area contributed by atoms with Gasteiger partial charge >= 0.3 is 0 Å². The zero-order valence-corrected chi connectivity index (χ0v) is 11.9. The Bertz CT molecular complexity index is 430. The van der Waals surface area contributed by atoms with Gasteiger partial charge in [-0.1, -0.05) is 15.9 Å². The summed E-state index contributed by atoms with van der Waals surface area (Å²) in [4.78, 5) is 13.9. The Morgan fingerprint density at radius 2 is 2.06 bits per heavy atom. The van der Waals surface area contributed by atoms with Crippen molar-refractivity contribution >= 4 is 33.2 Å². The fourth-order valence-electron chi connectivity index (χ4n) is 2.12. The first-order valence-corrected chi connectivity index (χ1v) is 7.03. The molecule has 0 atom stereocenters. The quantitative estimate of drug-likeness (QED) is 0.843. The summed E-state index contributed by atoms with van der Waals surface area (Å²) in [7, 11) is 0. The highest BCUT2D eigenvalue weighted by molar-refractivity contribution is 9.10. The van der Waals surface area contributed by atoms with Crippen molar-refractivity contribution in [2.24, 2.45) is 0 Å². The number of nitrogens with two attached hydrogens (primary N) is 1. The van der Waals surface area contributed by atoms with Crippen LogP contribution in [0.4, 0.5) is 11.4 Å². The molecule has 4 nitrogen and oxygen atoms in total. The summed E-state index contributed by atoms with van der Waals surface area (Å²) in [6.07, 6.45) is 3.47. The number of nitrogens with zero attached hydrogens (tertiary/aromatic N) is 1. The van der Waals surface area contributed by atoms with Crippen LogP contribution in [-0.4, -0.2) is 30.4 Å². The Balaban J connectivity index is 1.88. The minimum absolute atomic E-state index is 0.150. The normalized spacial score (nSPS) is 15.5. The highest BCUT2D eigenvalue weighted by Crippen LogP contribution is 2.22. The molecule has 0 saturated carbocycles. The average molecular weight is 312 g/mol. The van der Waals surface area contributed by atoms with Crippen LogP contribution in [0.25, 0.3) is 0 Å². The van der Waals surface area contributed by atoms with Crippen LogP contribution in [0, 0.1) is 0 Å². The molecule has 0 aliphatic carbocycles. The second kappa shape index (κ2) is 6.09. The Hall–Kier alpha value is -1.23. The van der Waals surface area contributed by atoms with Crippen molar-refractivity contribution in [2.75, 3.05) is 30.7 Å². The van der Waals surface area contributed by atoms with Crippen molar-refractivity contribution in [3.63, 3.8) is 0 Å². The lowest BCUT2D eigenvalue weighted by Crippen LogP contribution is -2.39. The number of carbonyl (C=O) groups is 1. The number of halogens is 1. The fourth-order valence-corrected chi connectivity index (χ4v) is 2.50. The minimum atomic E-state index is 0.150. The van der Waals surface area contributed by atoms with Crippen molar-refractivity contribution in [3.8, 4) is 0 Å². The molecule has 1 amide bonds. The van der Waals surface area contributed by atoms with E-state index < -0.39 is 0 Å². The van der Waals surface area contributed by atoms with Gasteiger partial charge < -0.3 is 16.0 Å². The molecule has 98 valence electrons. The number of piperidine rings is 1. The van der Waals surface area contributed by atoms with Gasteiger partial charge in [0.2, 0.25) is 5.91 Å². The maximum atomic E-state index is 12.0. The van der Waals surface area contributed by atoms with E-state index in [0.29, 0.717) is 12.2 Å². The van der Waals surface area contributed by atoms with Gasteiger partial charge in [0.05, 0.1) is 17.9 Å². The molecule has 1 saturated heterocycles. The van der Waals surface area contributed by atoms with Crippen molar-refractivity contribution in [1.29, 1.82) is 0 Å². The van der Waals surface area contributed by atoms with Gasteiger partial charge in [0.15, 0.2) is 0 Å². The predicted octanol–water partition coefficient (Wildman–Crippen LogP) is 2.46. The van der Waals surface area contributed by atoms with Gasteiger partial charge in [0.1, 0.15) is 0 Å². The molecule has 0 spiro atoms. The summed E-state index contributed by atoms with van der Waals surface area (Å²) in [6, 6.07) is 5.61. The van der Waals surface area contributed by atoms with Gasteiger partial charge in [-0.25, -0.2) is 0 Å². The van der Waals surface area contributed by atoms with E-state index in [2.05, 4.69) is 21.2 Å². The molecule has 3 N–H and O–H groups in total. The summed E-state index contributed by atoms with van der Waals surface area (Å²) >= 11 is 3.36. The molecule has 0 bridgehead atoms. The van der Waals surface area contributed by atoms with E-state index in [1.165, 1.54) is 6.42 Å². The molecule has 1 aromatic carbocycles. The molecule has 5 heteroatoms. The molecule has 1 aromatic rings. The molecular weight excluding hydrogens is 294 g/mol. The second-order valence-electron chi connectivity index (χ2n) is 4.53. The van der Waals surface area contributed by atoms with Gasteiger partial charge in [-0.3, -0.25) is 4.79 Å². The van der Waals surface area contributed by atoms with E-state index in [0.717, 1.165) is 36.1 Å². The topological polar surface area (TPSA) is 58.4 Å². The van der Waals surface area contributed by atoms with E-state index in [1.807, 2.05) is 23.1 Å². The lowest BCUT2D eigenvalue weighted by atomic mass is 10.1. The van der Waals surface area contributed by atoms with Crippen LogP contribution in [0.1, 0.15) is 19.3 Å². The maximum absolute atomic E-state index is 12.0. The van der Waals surface area contributed by atoms with Crippen LogP contribution >= 0.6 is 15.9 Å². The van der Waals surface area contributed by atoms with E-state index in [-0.39, 0.29) is 5.91 Å². The summed E-state index contributed by atoms with van der Waals surface area (Å²) in [5.41, 5.74) is 7.33. The number of rotatable bonds is 3. The standard InChI is InChI=1S/C13H18BrN3O/c14-10-4-5-12(11(15)8-10)16-9-13(18)17-6-2-1-3-7-17/h4-5,8,16H,1-3,6-7,9,15H2. The number of hydrogen-bond donors (Lipinski definition) is 2. The lowest BCUT2D eigenvalue weighted by molar-refractivity contribution is -0.130. The number of hydrogen-bond acceptors (Lipinski definition) is 3. The highest BCUT2D eigenvalue weighted by Gasteiger charge is 2.16. The molecule has 1 fully saturated rings. The third-order valence-corrected chi connectivity index (χ3v) is 3.65. The molecule has 0 unspecified atom stereocenters. The molecule has 18 heavy (non-hydrogen) atoms. The summed E-state index contributed by atoms with van der Waals surface area (Å²) in [6.45, 7) is 2.08. The van der Waals surface area contributed by atoms with E-state index in [9.17, 15) is 4.79 Å². The first-order valence-electron chi connectivity index (χ1n) is 6.23. The van der Waals surface area contributed by atoms with Crippen LogP contribution in [0.2, 0.25) is 0 Å². The van der Waals surface area contributed by atoms with Gasteiger partial charge in [0, 0.05) is 17.6 Å². The van der Waals surface area contributed by atoms with Gasteiger partial charge in [0.25, 0.3) is 0 Å². The number of carbonyl (C=O) groups excluding carboxylic acids is 1. The summed E-state index contributed by atoms with van der Waals surface area (Å²) < 4.78 is 0.938. The largest absolute Gasteiger partial charge is 0.397 e. The number of nitrogen functional groups attached to an aromatic ring is 1. The molecule has 1 aliphatic heterocycles. The summed E-state index contributed by atoms with van der Waals surface area (Å²) in [5, 5.41) is 3.10. The van der Waals surface area contributed by atoms with Crippen molar-refractivity contribution in [3.05, 3.63) is 22.7 Å². The van der Waals surface area contributed by atoms with Crippen molar-refractivity contribution in [1.82, 2.24) is 4.90 Å². The number of nitrogens with one attached hydrogen (secondary N) is 1. The Morgan fingerprint density at radius 1 is 1.33 bits per heavy atom. The van der Waals surface area contributed by atoms with E-state index in [4.69, 9.17) is 5.73 Å². The van der Waals surface area contributed by atoms with Crippen LogP contribution in [0.5, 0.6) is 0 Å². The molecule has 0 radical (unpaired) electrons. The van der Waals surface area contributed by atoms with Crippen LogP contribution in [-0.2, 0) is 4.79 Å². The number of amides is 1. The van der Waals surface area contributed by atoms with Crippen LogP contribution < -0.4 is 11.1 Å². The third kappa shape index (κ3) is 3.38. The average Bonchev–Trinajstić information content (AvgIpc) is 2.38. The first kappa shape index (κ1) is 13.2. The Kier molecular flexibility index (Phi) is 4.47. The van der Waals surface area contributed by atoms with Crippen molar-refractivity contribution in [2.45, 2.75) is 19.3 Å². The molecule has 2 rings (SSSR count). The molecule has 1 heterocycles. The predicted molar refractivity (Wildman–Crippen MR) is 77.5 cm³/mol. The molecular formula is C13H18BrN3O. The third-order valence-electron chi connectivity index (χ3n) is 3.15. The first-order chi connectivity index (χ1) is 8.66. The van der Waals surface area contributed by atoms with E-state index >= 15 is 0 Å². The van der Waals surface area contributed by atoms with E-state index in [1.54, 1.807) is 0 Å². The minimum Gasteiger partial charge on any atom is -0.397 e. The Labute approximate surface area is 116 Å². The summed E-state index contributed by atoms with van der Waals surface area (Å²) in [5.74, 6) is 0.150. The Morgan fingerprint density at radius 3 is 2.72 bits per heavy atom. The van der Waals surface area contributed by atoms with Crippen LogP contribution in [0.3, 0.4) is 0 Å². The maximum Gasteiger partial charge on any atom is 0.241 e. The smallest absolute Gasteiger partial charge is 0.241 e. The van der Waals surface area contributed by atoms with Crippen molar-refractivity contribution < 1.29 is 4.79 Å². The second-order valence-corrected chi connectivity index (χ2v) is 5.44. The number of likely N-dealkylation sites (tertiary alicyclic amines) is 1. The van der Waals surface area contributed by atoms with Crippen LogP contribution in [0.15, 0.2) is 22.7 Å². The number of benzene rings is 1. The zero-order valence-electron chi connectivity index (χ0n) is 10.3. The highest BCUT2D eigenvalue weighted by atomic mass is 79.9. The fraction of sp³-hybridized carbons (Fsp3) is 0.462.